The Balaban J connectivity index is 2.49. The van der Waals surface area contributed by atoms with Crippen molar-refractivity contribution in [1.29, 1.82) is 0 Å². The second-order valence-electron chi connectivity index (χ2n) is 3.34. The van der Waals surface area contributed by atoms with Crippen molar-refractivity contribution in [2.24, 2.45) is 5.73 Å². The van der Waals surface area contributed by atoms with Gasteiger partial charge in [0.2, 0.25) is 0 Å². The van der Waals surface area contributed by atoms with E-state index in [1.807, 2.05) is 20.2 Å². The van der Waals surface area contributed by atoms with Gasteiger partial charge in [0.1, 0.15) is 12.4 Å². The monoisotopic (exact) mass is 195 g/mol. The fraction of sp³-hybridized carbons (Fsp3) is 0.500. The molecule has 0 unspecified atom stereocenters. The molecule has 0 atom stereocenters. The molecule has 0 amide bonds. The maximum Gasteiger partial charge on any atom is 0.142 e. The van der Waals surface area contributed by atoms with Gasteiger partial charge in [0, 0.05) is 24.8 Å². The summed E-state index contributed by atoms with van der Waals surface area (Å²) in [6.45, 7) is 2.03. The van der Waals surface area contributed by atoms with Crippen LogP contribution in [0.15, 0.2) is 18.5 Å². The van der Waals surface area contributed by atoms with Crippen LogP contribution in [0, 0.1) is 0 Å². The highest BCUT2D eigenvalue weighted by Crippen LogP contribution is 2.14. The van der Waals surface area contributed by atoms with Gasteiger partial charge in [0.05, 0.1) is 6.20 Å². The highest BCUT2D eigenvalue weighted by atomic mass is 16.5. The molecule has 0 aliphatic heterocycles. The minimum absolute atomic E-state index is 0.486. The van der Waals surface area contributed by atoms with Crippen molar-refractivity contribution < 1.29 is 4.74 Å². The fourth-order valence-electron chi connectivity index (χ4n) is 1.05. The van der Waals surface area contributed by atoms with Gasteiger partial charge in [-0.1, -0.05) is 0 Å². The summed E-state index contributed by atoms with van der Waals surface area (Å²) in [5.74, 6) is 0.789. The summed E-state index contributed by atoms with van der Waals surface area (Å²) in [7, 11) is 4.02. The van der Waals surface area contributed by atoms with Crippen molar-refractivity contribution >= 4 is 0 Å². The van der Waals surface area contributed by atoms with Crippen LogP contribution in [-0.4, -0.2) is 37.1 Å². The van der Waals surface area contributed by atoms with E-state index >= 15 is 0 Å². The Morgan fingerprint density at radius 1 is 1.50 bits per heavy atom. The van der Waals surface area contributed by atoms with Crippen LogP contribution in [0.2, 0.25) is 0 Å². The third-order valence-corrected chi connectivity index (χ3v) is 1.89. The lowest BCUT2D eigenvalue weighted by Crippen LogP contribution is -2.20. The second kappa shape index (κ2) is 5.57. The largest absolute Gasteiger partial charge is 0.490 e. The number of hydrogen-bond donors (Lipinski definition) is 1. The van der Waals surface area contributed by atoms with Crippen molar-refractivity contribution in [3.63, 3.8) is 0 Å². The summed E-state index contributed by atoms with van der Waals surface area (Å²) in [4.78, 5) is 6.06. The fourth-order valence-corrected chi connectivity index (χ4v) is 1.05. The molecule has 1 aromatic heterocycles. The molecule has 0 fully saturated rings. The molecule has 0 aromatic carbocycles. The van der Waals surface area contributed by atoms with Crippen LogP contribution in [0.4, 0.5) is 0 Å². The topological polar surface area (TPSA) is 51.4 Å². The van der Waals surface area contributed by atoms with E-state index in [2.05, 4.69) is 9.88 Å². The predicted octanol–water partition coefficient (Wildman–Crippen LogP) is 0.481. The van der Waals surface area contributed by atoms with Gasteiger partial charge in [-0.2, -0.15) is 0 Å². The second-order valence-corrected chi connectivity index (χ2v) is 3.34. The summed E-state index contributed by atoms with van der Waals surface area (Å²) in [5, 5.41) is 0. The van der Waals surface area contributed by atoms with Crippen LogP contribution >= 0.6 is 0 Å². The van der Waals surface area contributed by atoms with E-state index in [-0.39, 0.29) is 0 Å². The summed E-state index contributed by atoms with van der Waals surface area (Å²) in [5.41, 5.74) is 6.56. The summed E-state index contributed by atoms with van der Waals surface area (Å²) in [6, 6.07) is 1.88. The highest BCUT2D eigenvalue weighted by molar-refractivity contribution is 5.29. The van der Waals surface area contributed by atoms with E-state index in [0.717, 1.165) is 17.9 Å². The standard InChI is InChI=1S/C10H17N3O/c1-13(2)5-6-14-10-8-12-4-3-9(10)7-11/h3-4,8H,5-7,11H2,1-2H3. The Morgan fingerprint density at radius 3 is 2.93 bits per heavy atom. The van der Waals surface area contributed by atoms with Crippen LogP contribution in [0.1, 0.15) is 5.56 Å². The van der Waals surface area contributed by atoms with Crippen LogP contribution in [0.25, 0.3) is 0 Å². The van der Waals surface area contributed by atoms with Crippen molar-refractivity contribution in [3.05, 3.63) is 24.0 Å². The minimum atomic E-state index is 0.486. The number of rotatable bonds is 5. The number of nitrogens with zero attached hydrogens (tertiary/aromatic N) is 2. The van der Waals surface area contributed by atoms with Crippen molar-refractivity contribution in [1.82, 2.24) is 9.88 Å². The first-order valence-corrected chi connectivity index (χ1v) is 4.64. The molecular formula is C10H17N3O. The van der Waals surface area contributed by atoms with Crippen LogP contribution in [0.5, 0.6) is 5.75 Å². The van der Waals surface area contributed by atoms with E-state index in [0.29, 0.717) is 13.2 Å². The number of ether oxygens (including phenoxy) is 1. The maximum absolute atomic E-state index is 5.56. The van der Waals surface area contributed by atoms with Crippen molar-refractivity contribution in [3.8, 4) is 5.75 Å². The van der Waals surface area contributed by atoms with E-state index in [1.54, 1.807) is 12.4 Å². The zero-order valence-corrected chi connectivity index (χ0v) is 8.73. The third-order valence-electron chi connectivity index (χ3n) is 1.89. The van der Waals surface area contributed by atoms with Crippen LogP contribution in [0.3, 0.4) is 0 Å². The average Bonchev–Trinajstić information content (AvgIpc) is 2.18. The molecule has 0 saturated carbocycles. The van der Waals surface area contributed by atoms with E-state index < -0.39 is 0 Å². The minimum Gasteiger partial charge on any atom is -0.490 e. The van der Waals surface area contributed by atoms with E-state index in [9.17, 15) is 0 Å². The lowest BCUT2D eigenvalue weighted by atomic mass is 10.2. The Bertz CT molecular complexity index is 276. The van der Waals surface area contributed by atoms with E-state index in [1.165, 1.54) is 0 Å². The van der Waals surface area contributed by atoms with Crippen LogP contribution in [-0.2, 0) is 6.54 Å². The average molecular weight is 195 g/mol. The van der Waals surface area contributed by atoms with Gasteiger partial charge in [0.25, 0.3) is 0 Å². The van der Waals surface area contributed by atoms with Gasteiger partial charge in [-0.15, -0.1) is 0 Å². The first-order chi connectivity index (χ1) is 6.74. The molecule has 0 spiro atoms. The maximum atomic E-state index is 5.56. The first kappa shape index (κ1) is 10.9. The molecule has 0 aliphatic rings. The number of aromatic nitrogens is 1. The molecule has 1 heterocycles. The Kier molecular flexibility index (Phi) is 4.35. The Morgan fingerprint density at radius 2 is 2.29 bits per heavy atom. The van der Waals surface area contributed by atoms with Gasteiger partial charge in [0.15, 0.2) is 0 Å². The van der Waals surface area contributed by atoms with Gasteiger partial charge < -0.3 is 15.4 Å². The molecule has 0 aliphatic carbocycles. The van der Waals surface area contributed by atoms with Crippen molar-refractivity contribution in [2.75, 3.05) is 27.2 Å². The summed E-state index contributed by atoms with van der Waals surface area (Å²) >= 11 is 0. The zero-order valence-electron chi connectivity index (χ0n) is 8.73. The lowest BCUT2D eigenvalue weighted by molar-refractivity contribution is 0.259. The van der Waals surface area contributed by atoms with E-state index in [4.69, 9.17) is 10.5 Å². The van der Waals surface area contributed by atoms with Gasteiger partial charge in [-0.25, -0.2) is 0 Å². The van der Waals surface area contributed by atoms with Gasteiger partial charge >= 0.3 is 0 Å². The molecule has 1 aromatic rings. The lowest BCUT2D eigenvalue weighted by Gasteiger charge is -2.12. The quantitative estimate of drug-likeness (QED) is 0.742. The Labute approximate surface area is 84.7 Å². The normalized spacial score (nSPS) is 10.6. The molecular weight excluding hydrogens is 178 g/mol. The SMILES string of the molecule is CN(C)CCOc1cnccc1CN. The number of nitrogens with two attached hydrogens (primary N) is 1. The van der Waals surface area contributed by atoms with Gasteiger partial charge in [-0.05, 0) is 20.2 Å². The number of likely N-dealkylation sites (N-methyl/N-ethyl adjacent to an activating group) is 1. The molecule has 14 heavy (non-hydrogen) atoms. The summed E-state index contributed by atoms with van der Waals surface area (Å²) in [6.07, 6.45) is 3.43. The predicted molar refractivity (Wildman–Crippen MR) is 56.2 cm³/mol. The molecule has 0 bridgehead atoms. The van der Waals surface area contributed by atoms with Crippen molar-refractivity contribution in [2.45, 2.75) is 6.54 Å². The molecule has 4 nitrogen and oxygen atoms in total. The molecule has 1 rings (SSSR count). The van der Waals surface area contributed by atoms with Gasteiger partial charge in [-0.3, -0.25) is 4.98 Å². The molecule has 4 heteroatoms. The summed E-state index contributed by atoms with van der Waals surface area (Å²) < 4.78 is 5.55. The molecule has 78 valence electrons. The third kappa shape index (κ3) is 3.32. The molecule has 0 radical (unpaired) electrons. The first-order valence-electron chi connectivity index (χ1n) is 4.64. The molecule has 0 saturated heterocycles. The van der Waals surface area contributed by atoms with Crippen LogP contribution < -0.4 is 10.5 Å². The number of pyridine rings is 1. The highest BCUT2D eigenvalue weighted by Gasteiger charge is 2.01. The zero-order chi connectivity index (χ0) is 10.4. The smallest absolute Gasteiger partial charge is 0.142 e. The molecule has 2 N–H and O–H groups in total. The Hall–Kier alpha value is -1.13. The number of hydrogen-bond acceptors (Lipinski definition) is 4.